The van der Waals surface area contributed by atoms with Crippen molar-refractivity contribution in [2.45, 2.75) is 64.5 Å². The minimum absolute atomic E-state index is 0.293. The highest BCUT2D eigenvalue weighted by molar-refractivity contribution is 6.31. The molecule has 1 fully saturated rings. The van der Waals surface area contributed by atoms with Gasteiger partial charge < -0.3 is 10.1 Å². The molecule has 1 aliphatic heterocycles. The first kappa shape index (κ1) is 16.8. The average Bonchev–Trinajstić information content (AvgIpc) is 2.79. The van der Waals surface area contributed by atoms with Gasteiger partial charge in [-0.25, -0.2) is 0 Å². The lowest BCUT2D eigenvalue weighted by Crippen LogP contribution is -2.45. The van der Waals surface area contributed by atoms with Crippen LogP contribution in [0.15, 0.2) is 0 Å². The minimum atomic E-state index is 0.293. The summed E-state index contributed by atoms with van der Waals surface area (Å²) >= 11 is 6.49. The molecule has 2 unspecified atom stereocenters. The minimum Gasteiger partial charge on any atom is -0.377 e. The van der Waals surface area contributed by atoms with E-state index in [9.17, 15) is 0 Å². The van der Waals surface area contributed by atoms with E-state index in [0.29, 0.717) is 12.1 Å². The summed E-state index contributed by atoms with van der Waals surface area (Å²) in [5.41, 5.74) is 2.12. The van der Waals surface area contributed by atoms with Crippen molar-refractivity contribution in [1.29, 1.82) is 0 Å². The van der Waals surface area contributed by atoms with Gasteiger partial charge in [-0.15, -0.1) is 0 Å². The van der Waals surface area contributed by atoms with Crippen LogP contribution in [-0.4, -0.2) is 35.1 Å². The van der Waals surface area contributed by atoms with Crippen LogP contribution in [0.1, 0.15) is 50.9 Å². The van der Waals surface area contributed by atoms with Crippen LogP contribution in [0.2, 0.25) is 5.02 Å². The molecule has 120 valence electrons. The summed E-state index contributed by atoms with van der Waals surface area (Å²) < 4.78 is 7.92. The Bertz CT molecular complexity index is 441. The second kappa shape index (κ2) is 8.16. The molecule has 0 radical (unpaired) electrons. The third-order valence-electron chi connectivity index (χ3n) is 4.24. The molecule has 0 bridgehead atoms. The van der Waals surface area contributed by atoms with Gasteiger partial charge in [0.25, 0.3) is 0 Å². The quantitative estimate of drug-likeness (QED) is 0.840. The zero-order chi connectivity index (χ0) is 15.2. The van der Waals surface area contributed by atoms with Crippen LogP contribution in [0, 0.1) is 0 Å². The van der Waals surface area contributed by atoms with Crippen LogP contribution in [0.25, 0.3) is 0 Å². The van der Waals surface area contributed by atoms with Gasteiger partial charge in [0.1, 0.15) is 0 Å². The number of aromatic nitrogens is 2. The highest BCUT2D eigenvalue weighted by Crippen LogP contribution is 2.25. The van der Waals surface area contributed by atoms with E-state index >= 15 is 0 Å². The summed E-state index contributed by atoms with van der Waals surface area (Å²) in [5, 5.41) is 9.00. The van der Waals surface area contributed by atoms with Gasteiger partial charge in [-0.05, 0) is 38.6 Å². The Labute approximate surface area is 133 Å². The predicted octanol–water partition coefficient (Wildman–Crippen LogP) is 3.12. The molecule has 1 saturated heterocycles. The van der Waals surface area contributed by atoms with Crippen molar-refractivity contribution in [3.63, 3.8) is 0 Å². The van der Waals surface area contributed by atoms with Gasteiger partial charge in [0.15, 0.2) is 0 Å². The number of hydrogen-bond donors (Lipinski definition) is 1. The lowest BCUT2D eigenvalue weighted by Gasteiger charge is -2.31. The number of hydrogen-bond acceptors (Lipinski definition) is 3. The fraction of sp³-hybridized carbons (Fsp3) is 0.812. The standard InChI is InChI=1S/C16H28ClN3O/c1-4-9-18-13(15-8-6-7-10-21-15)11-14-16(17)12(5-2)19-20(14)3/h13,15,18H,4-11H2,1-3H3. The average molecular weight is 314 g/mol. The van der Waals surface area contributed by atoms with Gasteiger partial charge in [0.2, 0.25) is 0 Å². The van der Waals surface area contributed by atoms with Crippen LogP contribution < -0.4 is 5.32 Å². The molecule has 1 aliphatic rings. The van der Waals surface area contributed by atoms with Crippen molar-refractivity contribution in [3.8, 4) is 0 Å². The number of aryl methyl sites for hydroxylation is 2. The highest BCUT2D eigenvalue weighted by atomic mass is 35.5. The Balaban J connectivity index is 2.11. The molecule has 4 nitrogen and oxygen atoms in total. The van der Waals surface area contributed by atoms with Crippen molar-refractivity contribution in [2.75, 3.05) is 13.2 Å². The van der Waals surface area contributed by atoms with E-state index in [1.54, 1.807) is 0 Å². The Hall–Kier alpha value is -0.580. The number of nitrogens with zero attached hydrogens (tertiary/aromatic N) is 2. The maximum atomic E-state index is 6.49. The van der Waals surface area contributed by atoms with Crippen LogP contribution in [-0.2, 0) is 24.6 Å². The maximum absolute atomic E-state index is 6.49. The van der Waals surface area contributed by atoms with Crippen molar-refractivity contribution >= 4 is 11.6 Å². The van der Waals surface area contributed by atoms with Crippen molar-refractivity contribution < 1.29 is 4.74 Å². The van der Waals surface area contributed by atoms with Crippen molar-refractivity contribution in [3.05, 3.63) is 16.4 Å². The van der Waals surface area contributed by atoms with Gasteiger partial charge in [-0.1, -0.05) is 25.4 Å². The maximum Gasteiger partial charge on any atom is 0.0850 e. The lowest BCUT2D eigenvalue weighted by atomic mass is 9.97. The second-order valence-electron chi connectivity index (χ2n) is 5.85. The lowest BCUT2D eigenvalue weighted by molar-refractivity contribution is -0.00770. The number of nitrogens with one attached hydrogen (secondary N) is 1. The molecule has 1 aromatic heterocycles. The second-order valence-corrected chi connectivity index (χ2v) is 6.23. The third-order valence-corrected chi connectivity index (χ3v) is 4.67. The summed E-state index contributed by atoms with van der Waals surface area (Å²) in [7, 11) is 1.99. The van der Waals surface area contributed by atoms with E-state index < -0.39 is 0 Å². The summed E-state index contributed by atoms with van der Waals surface area (Å²) in [6.45, 7) is 6.18. The Kier molecular flexibility index (Phi) is 6.52. The summed E-state index contributed by atoms with van der Waals surface area (Å²) in [6, 6.07) is 0.322. The zero-order valence-corrected chi connectivity index (χ0v) is 14.2. The van der Waals surface area contributed by atoms with E-state index in [1.165, 1.54) is 12.8 Å². The molecule has 0 amide bonds. The van der Waals surface area contributed by atoms with Gasteiger partial charge in [-0.3, -0.25) is 4.68 Å². The van der Waals surface area contributed by atoms with Crippen molar-refractivity contribution in [1.82, 2.24) is 15.1 Å². The molecule has 21 heavy (non-hydrogen) atoms. The van der Waals surface area contributed by atoms with E-state index in [0.717, 1.165) is 55.2 Å². The molecular weight excluding hydrogens is 286 g/mol. The summed E-state index contributed by atoms with van der Waals surface area (Å²) in [4.78, 5) is 0. The summed E-state index contributed by atoms with van der Waals surface area (Å²) in [5.74, 6) is 0. The zero-order valence-electron chi connectivity index (χ0n) is 13.5. The Morgan fingerprint density at radius 3 is 2.81 bits per heavy atom. The molecule has 2 heterocycles. The highest BCUT2D eigenvalue weighted by Gasteiger charge is 2.26. The number of ether oxygens (including phenoxy) is 1. The molecule has 2 rings (SSSR count). The summed E-state index contributed by atoms with van der Waals surface area (Å²) in [6.07, 6.45) is 6.76. The van der Waals surface area contributed by atoms with Gasteiger partial charge in [-0.2, -0.15) is 5.10 Å². The van der Waals surface area contributed by atoms with E-state index in [-0.39, 0.29) is 0 Å². The molecule has 1 N–H and O–H groups in total. The van der Waals surface area contributed by atoms with Crippen molar-refractivity contribution in [2.24, 2.45) is 7.05 Å². The predicted molar refractivity (Wildman–Crippen MR) is 87.0 cm³/mol. The smallest absolute Gasteiger partial charge is 0.0850 e. The first-order chi connectivity index (χ1) is 10.2. The van der Waals surface area contributed by atoms with E-state index in [2.05, 4.69) is 24.3 Å². The van der Waals surface area contributed by atoms with Gasteiger partial charge in [0.05, 0.1) is 22.5 Å². The third kappa shape index (κ3) is 4.21. The van der Waals surface area contributed by atoms with Crippen LogP contribution in [0.3, 0.4) is 0 Å². The van der Waals surface area contributed by atoms with Gasteiger partial charge >= 0.3 is 0 Å². The normalized spacial score (nSPS) is 20.7. The van der Waals surface area contributed by atoms with E-state index in [1.807, 2.05) is 11.7 Å². The van der Waals surface area contributed by atoms with Crippen LogP contribution in [0.5, 0.6) is 0 Å². The fourth-order valence-corrected chi connectivity index (χ4v) is 3.37. The Morgan fingerprint density at radius 1 is 1.43 bits per heavy atom. The topological polar surface area (TPSA) is 39.1 Å². The van der Waals surface area contributed by atoms with Gasteiger partial charge in [0, 0.05) is 26.1 Å². The molecule has 2 atom stereocenters. The molecule has 1 aromatic rings. The molecule has 0 aromatic carbocycles. The first-order valence-corrected chi connectivity index (χ1v) is 8.60. The SMILES string of the molecule is CCCNC(Cc1c(Cl)c(CC)nn1C)C1CCCCO1. The molecule has 0 saturated carbocycles. The number of rotatable bonds is 7. The number of halogens is 1. The molecule has 5 heteroatoms. The largest absolute Gasteiger partial charge is 0.377 e. The molecule has 0 spiro atoms. The first-order valence-electron chi connectivity index (χ1n) is 8.22. The van der Waals surface area contributed by atoms with E-state index in [4.69, 9.17) is 16.3 Å². The van der Waals surface area contributed by atoms with Crippen LogP contribution >= 0.6 is 11.6 Å². The molecule has 0 aliphatic carbocycles. The Morgan fingerprint density at radius 2 is 2.24 bits per heavy atom. The van der Waals surface area contributed by atoms with Crippen LogP contribution in [0.4, 0.5) is 0 Å². The fourth-order valence-electron chi connectivity index (χ4n) is 3.00. The monoisotopic (exact) mass is 313 g/mol. The molecular formula is C16H28ClN3O.